The number of hydrogen-bond acceptors (Lipinski definition) is 3. The second-order valence-electron chi connectivity index (χ2n) is 5.69. The quantitative estimate of drug-likeness (QED) is 0.700. The molecule has 0 saturated carbocycles. The molecule has 1 aromatic heterocycles. The number of rotatable bonds is 5. The van der Waals surface area contributed by atoms with Crippen LogP contribution in [0.3, 0.4) is 0 Å². The zero-order valence-electron chi connectivity index (χ0n) is 13.0. The summed E-state index contributed by atoms with van der Waals surface area (Å²) in [5.74, 6) is 1.22. The molecule has 0 spiro atoms. The van der Waals surface area contributed by atoms with Crippen LogP contribution in [0.2, 0.25) is 0 Å². The number of nitrogens with zero attached hydrogens (tertiary/aromatic N) is 2. The molecule has 2 aromatic carbocycles. The molecular weight excluding hydrogens is 272 g/mol. The van der Waals surface area contributed by atoms with Crippen molar-refractivity contribution in [3.8, 4) is 5.88 Å². The molecular formula is C19H20N2O. The summed E-state index contributed by atoms with van der Waals surface area (Å²) < 4.78 is 5.85. The lowest BCUT2D eigenvalue weighted by Gasteiger charge is -2.09. The van der Waals surface area contributed by atoms with E-state index in [0.29, 0.717) is 18.4 Å². The van der Waals surface area contributed by atoms with Crippen molar-refractivity contribution in [1.82, 2.24) is 9.97 Å². The first-order valence-corrected chi connectivity index (χ1v) is 7.65. The van der Waals surface area contributed by atoms with Crippen LogP contribution >= 0.6 is 0 Å². The maximum absolute atomic E-state index is 5.85. The van der Waals surface area contributed by atoms with Gasteiger partial charge in [0.25, 0.3) is 0 Å². The maximum Gasteiger partial charge on any atom is 0.224 e. The molecule has 3 aromatic rings. The van der Waals surface area contributed by atoms with Crippen molar-refractivity contribution in [3.05, 3.63) is 66.0 Å². The smallest absolute Gasteiger partial charge is 0.224 e. The van der Waals surface area contributed by atoms with Crippen LogP contribution in [0.4, 0.5) is 0 Å². The summed E-state index contributed by atoms with van der Waals surface area (Å²) >= 11 is 0. The highest BCUT2D eigenvalue weighted by atomic mass is 16.5. The molecule has 0 atom stereocenters. The van der Waals surface area contributed by atoms with E-state index in [1.807, 2.05) is 24.3 Å². The van der Waals surface area contributed by atoms with Gasteiger partial charge in [0.2, 0.25) is 5.88 Å². The van der Waals surface area contributed by atoms with E-state index in [1.54, 1.807) is 6.33 Å². The fourth-order valence-electron chi connectivity index (χ4n) is 2.43. The van der Waals surface area contributed by atoms with Crippen LogP contribution in [-0.2, 0) is 6.42 Å². The maximum atomic E-state index is 5.85. The first kappa shape index (κ1) is 14.5. The van der Waals surface area contributed by atoms with Crippen molar-refractivity contribution in [3.63, 3.8) is 0 Å². The van der Waals surface area contributed by atoms with Gasteiger partial charge in [-0.1, -0.05) is 50.2 Å². The third kappa shape index (κ3) is 3.25. The van der Waals surface area contributed by atoms with Gasteiger partial charge in [0.05, 0.1) is 17.5 Å². The Morgan fingerprint density at radius 2 is 1.73 bits per heavy atom. The molecule has 0 aliphatic rings. The average Bonchev–Trinajstić information content (AvgIpc) is 2.55. The van der Waals surface area contributed by atoms with Crippen molar-refractivity contribution in [1.29, 1.82) is 0 Å². The SMILES string of the molecule is CC(C)c1ccc(CCOc2ncnc3ccccc23)cc1. The molecule has 0 fully saturated rings. The minimum absolute atomic E-state index is 0.567. The fourth-order valence-corrected chi connectivity index (χ4v) is 2.43. The van der Waals surface area contributed by atoms with Gasteiger partial charge in [-0.15, -0.1) is 0 Å². The van der Waals surface area contributed by atoms with E-state index in [-0.39, 0.29) is 0 Å². The van der Waals surface area contributed by atoms with Crippen LogP contribution in [0, 0.1) is 0 Å². The van der Waals surface area contributed by atoms with E-state index >= 15 is 0 Å². The predicted molar refractivity (Wildman–Crippen MR) is 89.3 cm³/mol. The van der Waals surface area contributed by atoms with Crippen molar-refractivity contribution < 1.29 is 4.74 Å². The molecule has 3 rings (SSSR count). The van der Waals surface area contributed by atoms with Crippen molar-refractivity contribution in [2.24, 2.45) is 0 Å². The molecule has 0 amide bonds. The minimum atomic E-state index is 0.567. The number of para-hydroxylation sites is 1. The molecule has 112 valence electrons. The van der Waals surface area contributed by atoms with Gasteiger partial charge in [-0.3, -0.25) is 0 Å². The molecule has 0 unspecified atom stereocenters. The van der Waals surface area contributed by atoms with Gasteiger partial charge in [0.15, 0.2) is 0 Å². The normalized spacial score (nSPS) is 11.0. The molecule has 0 saturated heterocycles. The molecule has 3 heteroatoms. The summed E-state index contributed by atoms with van der Waals surface area (Å²) in [6.45, 7) is 5.03. The van der Waals surface area contributed by atoms with E-state index in [1.165, 1.54) is 11.1 Å². The summed E-state index contributed by atoms with van der Waals surface area (Å²) in [4.78, 5) is 8.49. The molecule has 0 radical (unpaired) electrons. The first-order chi connectivity index (χ1) is 10.7. The highest BCUT2D eigenvalue weighted by molar-refractivity contribution is 5.82. The number of benzene rings is 2. The van der Waals surface area contributed by atoms with E-state index < -0.39 is 0 Å². The Balaban J connectivity index is 1.65. The zero-order chi connectivity index (χ0) is 15.4. The topological polar surface area (TPSA) is 35.0 Å². The van der Waals surface area contributed by atoms with Gasteiger partial charge in [-0.25, -0.2) is 9.97 Å². The van der Waals surface area contributed by atoms with Crippen LogP contribution in [-0.4, -0.2) is 16.6 Å². The Labute approximate surface area is 131 Å². The number of ether oxygens (including phenoxy) is 1. The van der Waals surface area contributed by atoms with Crippen LogP contribution < -0.4 is 4.74 Å². The lowest BCUT2D eigenvalue weighted by molar-refractivity contribution is 0.313. The van der Waals surface area contributed by atoms with Gasteiger partial charge < -0.3 is 4.74 Å². The summed E-state index contributed by atoms with van der Waals surface area (Å²) in [6.07, 6.45) is 2.42. The Hall–Kier alpha value is -2.42. The van der Waals surface area contributed by atoms with Crippen LogP contribution in [0.25, 0.3) is 10.9 Å². The first-order valence-electron chi connectivity index (χ1n) is 7.65. The zero-order valence-corrected chi connectivity index (χ0v) is 13.0. The van der Waals surface area contributed by atoms with Gasteiger partial charge in [0, 0.05) is 6.42 Å². The Bertz CT molecular complexity index is 745. The predicted octanol–water partition coefficient (Wildman–Crippen LogP) is 4.37. The average molecular weight is 292 g/mol. The summed E-state index contributed by atoms with van der Waals surface area (Å²) in [7, 11) is 0. The Morgan fingerprint density at radius 1 is 0.955 bits per heavy atom. The van der Waals surface area contributed by atoms with Gasteiger partial charge in [-0.05, 0) is 29.2 Å². The lowest BCUT2D eigenvalue weighted by atomic mass is 10.0. The molecule has 0 aliphatic carbocycles. The highest BCUT2D eigenvalue weighted by Crippen LogP contribution is 2.21. The molecule has 0 aliphatic heterocycles. The minimum Gasteiger partial charge on any atom is -0.477 e. The van der Waals surface area contributed by atoms with Gasteiger partial charge in [-0.2, -0.15) is 0 Å². The fraction of sp³-hybridized carbons (Fsp3) is 0.263. The van der Waals surface area contributed by atoms with Gasteiger partial charge in [0.1, 0.15) is 6.33 Å². The lowest BCUT2D eigenvalue weighted by Crippen LogP contribution is -2.03. The van der Waals surface area contributed by atoms with E-state index in [2.05, 4.69) is 48.1 Å². The third-order valence-electron chi connectivity index (χ3n) is 3.78. The largest absolute Gasteiger partial charge is 0.477 e. The second-order valence-corrected chi connectivity index (χ2v) is 5.69. The van der Waals surface area contributed by atoms with Crippen molar-refractivity contribution in [2.45, 2.75) is 26.2 Å². The van der Waals surface area contributed by atoms with E-state index in [4.69, 9.17) is 4.74 Å². The Morgan fingerprint density at radius 3 is 2.50 bits per heavy atom. The second kappa shape index (κ2) is 6.56. The number of aromatic nitrogens is 2. The standard InChI is InChI=1S/C19H20N2O/c1-14(2)16-9-7-15(8-10-16)11-12-22-19-17-5-3-4-6-18(17)20-13-21-19/h3-10,13-14H,11-12H2,1-2H3. The van der Waals surface area contributed by atoms with Crippen molar-refractivity contribution >= 4 is 10.9 Å². The van der Waals surface area contributed by atoms with Crippen LogP contribution in [0.15, 0.2) is 54.9 Å². The van der Waals surface area contributed by atoms with Crippen molar-refractivity contribution in [2.75, 3.05) is 6.61 Å². The van der Waals surface area contributed by atoms with Gasteiger partial charge >= 0.3 is 0 Å². The van der Waals surface area contributed by atoms with E-state index in [0.717, 1.165) is 17.3 Å². The van der Waals surface area contributed by atoms with E-state index in [9.17, 15) is 0 Å². The summed E-state index contributed by atoms with van der Waals surface area (Å²) in [5.41, 5.74) is 3.56. The number of hydrogen-bond donors (Lipinski definition) is 0. The monoisotopic (exact) mass is 292 g/mol. The molecule has 1 heterocycles. The molecule has 22 heavy (non-hydrogen) atoms. The third-order valence-corrected chi connectivity index (χ3v) is 3.78. The molecule has 0 bridgehead atoms. The molecule has 3 nitrogen and oxygen atoms in total. The summed E-state index contributed by atoms with van der Waals surface area (Å²) in [6, 6.07) is 16.6. The highest BCUT2D eigenvalue weighted by Gasteiger charge is 2.04. The summed E-state index contributed by atoms with van der Waals surface area (Å²) in [5, 5.41) is 0.958. The van der Waals surface area contributed by atoms with Crippen LogP contribution in [0.1, 0.15) is 30.9 Å². The Kier molecular flexibility index (Phi) is 4.33. The van der Waals surface area contributed by atoms with Crippen LogP contribution in [0.5, 0.6) is 5.88 Å². The number of fused-ring (bicyclic) bond motifs is 1. The molecule has 0 N–H and O–H groups in total.